The van der Waals surface area contributed by atoms with E-state index in [1.165, 1.54) is 12.4 Å². The molecule has 1 saturated heterocycles. The fourth-order valence-corrected chi connectivity index (χ4v) is 2.60. The third-order valence-electron chi connectivity index (χ3n) is 3.78. The zero-order chi connectivity index (χ0) is 15.5. The minimum atomic E-state index is -2.54. The van der Waals surface area contributed by atoms with E-state index in [0.717, 1.165) is 42.4 Å². The van der Waals surface area contributed by atoms with E-state index in [0.29, 0.717) is 12.4 Å². The van der Waals surface area contributed by atoms with Gasteiger partial charge in [-0.25, -0.2) is 15.0 Å². The molecule has 0 unspecified atom stereocenters. The van der Waals surface area contributed by atoms with Crippen molar-refractivity contribution >= 4 is 5.82 Å². The van der Waals surface area contributed by atoms with Crippen molar-refractivity contribution in [2.45, 2.75) is 20.0 Å². The quantitative estimate of drug-likeness (QED) is 0.860. The van der Waals surface area contributed by atoms with Gasteiger partial charge in [0, 0.05) is 44.8 Å². The lowest BCUT2D eigenvalue weighted by molar-refractivity contribution is 0.0637. The zero-order valence-electron chi connectivity index (χ0n) is 12.4. The molecule has 1 aliphatic heterocycles. The van der Waals surface area contributed by atoms with Gasteiger partial charge in [-0.2, -0.15) is 8.78 Å². The van der Waals surface area contributed by atoms with Crippen LogP contribution in [0.1, 0.15) is 18.2 Å². The first kappa shape index (κ1) is 14.8. The maximum Gasteiger partial charge on any atom is 0.319 e. The Hall–Kier alpha value is -2.09. The number of hydrogen-bond donors (Lipinski definition) is 0. The van der Waals surface area contributed by atoms with E-state index in [1.54, 1.807) is 6.20 Å². The molecule has 1 aliphatic rings. The maximum atomic E-state index is 12.8. The number of aromatic nitrogens is 4. The van der Waals surface area contributed by atoms with Crippen molar-refractivity contribution < 1.29 is 8.78 Å². The standard InChI is InChI=1S/C14H18F2N6/c1-11-17-3-2-12(19-11)21-8-6-20(7-9-21)10-13-18-4-5-22(13)14(15)16/h2-5,14H,6-10H2,1H3. The van der Waals surface area contributed by atoms with Gasteiger partial charge in [0.15, 0.2) is 0 Å². The number of alkyl halides is 2. The normalized spacial score (nSPS) is 16.5. The lowest BCUT2D eigenvalue weighted by Gasteiger charge is -2.35. The SMILES string of the molecule is Cc1nccc(N2CCN(Cc3nccn3C(F)F)CC2)n1. The monoisotopic (exact) mass is 308 g/mol. The van der Waals surface area contributed by atoms with Gasteiger partial charge in [0.1, 0.15) is 17.5 Å². The molecule has 0 spiro atoms. The smallest absolute Gasteiger partial charge is 0.319 e. The Morgan fingerprint density at radius 1 is 1.14 bits per heavy atom. The Kier molecular flexibility index (Phi) is 4.28. The van der Waals surface area contributed by atoms with Crippen LogP contribution in [0.2, 0.25) is 0 Å². The number of anilines is 1. The highest BCUT2D eigenvalue weighted by Gasteiger charge is 2.20. The molecular formula is C14H18F2N6. The summed E-state index contributed by atoms with van der Waals surface area (Å²) in [5, 5.41) is 0. The molecule has 8 heteroatoms. The molecule has 1 fully saturated rings. The molecule has 0 radical (unpaired) electrons. The number of halogens is 2. The van der Waals surface area contributed by atoms with Crippen molar-refractivity contribution in [2.75, 3.05) is 31.1 Å². The fraction of sp³-hybridized carbons (Fsp3) is 0.500. The second-order valence-electron chi connectivity index (χ2n) is 5.25. The largest absolute Gasteiger partial charge is 0.354 e. The zero-order valence-corrected chi connectivity index (χ0v) is 12.4. The summed E-state index contributed by atoms with van der Waals surface area (Å²) in [5.74, 6) is 2.07. The van der Waals surface area contributed by atoms with Crippen molar-refractivity contribution in [1.82, 2.24) is 24.4 Å². The van der Waals surface area contributed by atoms with Crippen LogP contribution in [-0.2, 0) is 6.54 Å². The first-order valence-corrected chi connectivity index (χ1v) is 7.20. The molecule has 118 valence electrons. The number of hydrogen-bond acceptors (Lipinski definition) is 5. The molecule has 0 atom stereocenters. The molecule has 6 nitrogen and oxygen atoms in total. The lowest BCUT2D eigenvalue weighted by atomic mass is 10.3. The molecule has 0 bridgehead atoms. The molecule has 2 aromatic heterocycles. The second-order valence-corrected chi connectivity index (χ2v) is 5.25. The summed E-state index contributed by atoms with van der Waals surface area (Å²) in [4.78, 5) is 16.9. The summed E-state index contributed by atoms with van der Waals surface area (Å²) in [6.45, 7) is 2.97. The van der Waals surface area contributed by atoms with Crippen molar-refractivity contribution in [3.63, 3.8) is 0 Å². The Morgan fingerprint density at radius 2 is 1.91 bits per heavy atom. The summed E-state index contributed by atoms with van der Waals surface area (Å²) in [6, 6.07) is 1.90. The molecule has 0 N–H and O–H groups in total. The number of imidazole rings is 1. The van der Waals surface area contributed by atoms with Gasteiger partial charge in [0.05, 0.1) is 6.54 Å². The lowest BCUT2D eigenvalue weighted by Crippen LogP contribution is -2.46. The van der Waals surface area contributed by atoms with Gasteiger partial charge in [-0.1, -0.05) is 0 Å². The highest BCUT2D eigenvalue weighted by molar-refractivity contribution is 5.37. The van der Waals surface area contributed by atoms with Crippen LogP contribution in [0.3, 0.4) is 0 Å². The van der Waals surface area contributed by atoms with Gasteiger partial charge in [-0.05, 0) is 13.0 Å². The molecule has 0 aliphatic carbocycles. The van der Waals surface area contributed by atoms with Crippen molar-refractivity contribution in [3.8, 4) is 0 Å². The highest BCUT2D eigenvalue weighted by Crippen LogP contribution is 2.17. The number of nitrogens with zero attached hydrogens (tertiary/aromatic N) is 6. The van der Waals surface area contributed by atoms with Gasteiger partial charge in [-0.15, -0.1) is 0 Å². The molecule has 2 aromatic rings. The van der Waals surface area contributed by atoms with E-state index in [1.807, 2.05) is 13.0 Å². The molecule has 22 heavy (non-hydrogen) atoms. The van der Waals surface area contributed by atoms with Crippen molar-refractivity contribution in [2.24, 2.45) is 0 Å². The van der Waals surface area contributed by atoms with E-state index in [-0.39, 0.29) is 0 Å². The predicted molar refractivity (Wildman–Crippen MR) is 77.7 cm³/mol. The van der Waals surface area contributed by atoms with Crippen LogP contribution in [0.5, 0.6) is 0 Å². The minimum absolute atomic E-state index is 0.404. The Morgan fingerprint density at radius 3 is 2.59 bits per heavy atom. The van der Waals surface area contributed by atoms with Gasteiger partial charge in [-0.3, -0.25) is 9.47 Å². The fourth-order valence-electron chi connectivity index (χ4n) is 2.60. The van der Waals surface area contributed by atoms with E-state index in [2.05, 4.69) is 24.8 Å². The van der Waals surface area contributed by atoms with E-state index < -0.39 is 6.55 Å². The molecular weight excluding hydrogens is 290 g/mol. The van der Waals surface area contributed by atoms with Crippen LogP contribution < -0.4 is 4.90 Å². The molecule has 3 heterocycles. The third kappa shape index (κ3) is 3.22. The second kappa shape index (κ2) is 6.35. The highest BCUT2D eigenvalue weighted by atomic mass is 19.3. The van der Waals surface area contributed by atoms with Crippen molar-refractivity contribution in [1.29, 1.82) is 0 Å². The van der Waals surface area contributed by atoms with E-state index >= 15 is 0 Å². The average Bonchev–Trinajstić information content (AvgIpc) is 2.96. The number of piperazine rings is 1. The van der Waals surface area contributed by atoms with Gasteiger partial charge < -0.3 is 4.90 Å². The summed E-state index contributed by atoms with van der Waals surface area (Å²) < 4.78 is 26.6. The molecule has 0 aromatic carbocycles. The van der Waals surface area contributed by atoms with Crippen LogP contribution >= 0.6 is 0 Å². The van der Waals surface area contributed by atoms with E-state index in [9.17, 15) is 8.78 Å². The van der Waals surface area contributed by atoms with Gasteiger partial charge in [0.25, 0.3) is 0 Å². The summed E-state index contributed by atoms with van der Waals surface area (Å²) in [5.41, 5.74) is 0. The minimum Gasteiger partial charge on any atom is -0.354 e. The topological polar surface area (TPSA) is 50.1 Å². The van der Waals surface area contributed by atoms with Crippen LogP contribution in [0.4, 0.5) is 14.6 Å². The molecule has 0 saturated carbocycles. The Labute approximate surface area is 127 Å². The van der Waals surface area contributed by atoms with Crippen molar-refractivity contribution in [3.05, 3.63) is 36.3 Å². The van der Waals surface area contributed by atoms with Crippen LogP contribution in [-0.4, -0.2) is 50.6 Å². The maximum absolute atomic E-state index is 12.8. The molecule has 0 amide bonds. The van der Waals surface area contributed by atoms with Crippen LogP contribution in [0.25, 0.3) is 0 Å². The van der Waals surface area contributed by atoms with E-state index in [4.69, 9.17) is 0 Å². The van der Waals surface area contributed by atoms with Crippen LogP contribution in [0, 0.1) is 6.92 Å². The first-order valence-electron chi connectivity index (χ1n) is 7.20. The summed E-state index contributed by atoms with van der Waals surface area (Å²) in [6.07, 6.45) is 4.49. The third-order valence-corrected chi connectivity index (χ3v) is 3.78. The number of rotatable bonds is 4. The first-order chi connectivity index (χ1) is 10.6. The van der Waals surface area contributed by atoms with Crippen LogP contribution in [0.15, 0.2) is 24.7 Å². The van der Waals surface area contributed by atoms with Gasteiger partial charge in [0.2, 0.25) is 0 Å². The average molecular weight is 308 g/mol. The number of aryl methyl sites for hydroxylation is 1. The predicted octanol–water partition coefficient (Wildman–Crippen LogP) is 1.70. The van der Waals surface area contributed by atoms with Gasteiger partial charge >= 0.3 is 6.55 Å². The summed E-state index contributed by atoms with van der Waals surface area (Å²) in [7, 11) is 0. The molecule has 3 rings (SSSR count). The Bertz CT molecular complexity index is 621. The Balaban J connectivity index is 1.59. The summed E-state index contributed by atoms with van der Waals surface area (Å²) >= 11 is 0.